The number of anilines is 2. The summed E-state index contributed by atoms with van der Waals surface area (Å²) >= 11 is 6.09. The average Bonchev–Trinajstić information content (AvgIpc) is 3.31. The fourth-order valence-corrected chi connectivity index (χ4v) is 6.19. The van der Waals surface area contributed by atoms with E-state index in [0.717, 1.165) is 24.3 Å². The van der Waals surface area contributed by atoms with Crippen LogP contribution in [0.4, 0.5) is 11.4 Å². The Morgan fingerprint density at radius 2 is 1.69 bits per heavy atom. The molecule has 0 spiro atoms. The van der Waals surface area contributed by atoms with Gasteiger partial charge < -0.3 is 10.2 Å². The Kier molecular flexibility index (Phi) is 7.05. The van der Waals surface area contributed by atoms with Gasteiger partial charge in [-0.1, -0.05) is 23.7 Å². The molecule has 2 saturated heterocycles. The van der Waals surface area contributed by atoms with Gasteiger partial charge in [0.15, 0.2) is 0 Å². The van der Waals surface area contributed by atoms with E-state index in [1.165, 1.54) is 28.9 Å². The minimum atomic E-state index is -3.64. The number of rotatable bonds is 6. The van der Waals surface area contributed by atoms with E-state index in [4.69, 9.17) is 11.6 Å². The maximum Gasteiger partial charge on any atom is 0.244 e. The molecule has 2 aliphatic rings. The maximum atomic E-state index is 12.9. The third-order valence-electron chi connectivity index (χ3n) is 6.11. The van der Waals surface area contributed by atoms with Crippen molar-refractivity contribution in [1.29, 1.82) is 0 Å². The predicted octanol–water partition coefficient (Wildman–Crippen LogP) is 3.19. The van der Waals surface area contributed by atoms with Gasteiger partial charge in [0.25, 0.3) is 0 Å². The summed E-state index contributed by atoms with van der Waals surface area (Å²) in [7, 11) is -3.64. The zero-order valence-electron chi connectivity index (χ0n) is 18.3. The maximum absolute atomic E-state index is 12.9. The number of hydrogen-bond donors (Lipinski definition) is 1. The Hall–Kier alpha value is -2.13. The van der Waals surface area contributed by atoms with Crippen LogP contribution in [-0.4, -0.2) is 69.3 Å². The van der Waals surface area contributed by atoms with E-state index in [9.17, 15) is 13.2 Å². The molecule has 0 bridgehead atoms. The van der Waals surface area contributed by atoms with Crippen molar-refractivity contribution >= 4 is 38.9 Å². The van der Waals surface area contributed by atoms with Crippen LogP contribution in [-0.2, 0) is 14.8 Å². The van der Waals surface area contributed by atoms with E-state index >= 15 is 0 Å². The SMILES string of the molecule is Cc1cc(N2CCCC2)ccc1NC(=O)CN1CCN(S(=O)(=O)c2ccccc2Cl)CC1. The van der Waals surface area contributed by atoms with Crippen LogP contribution in [0.5, 0.6) is 0 Å². The van der Waals surface area contributed by atoms with E-state index in [2.05, 4.69) is 22.3 Å². The molecule has 0 unspecified atom stereocenters. The molecule has 2 fully saturated rings. The van der Waals surface area contributed by atoms with E-state index in [1.807, 2.05) is 17.9 Å². The minimum absolute atomic E-state index is 0.0931. The zero-order chi connectivity index (χ0) is 22.7. The number of benzene rings is 2. The summed E-state index contributed by atoms with van der Waals surface area (Å²) in [6.45, 7) is 6.04. The van der Waals surface area contributed by atoms with Gasteiger partial charge in [-0.05, 0) is 55.7 Å². The van der Waals surface area contributed by atoms with Gasteiger partial charge in [0, 0.05) is 50.6 Å². The number of halogens is 1. The first-order chi connectivity index (χ1) is 15.3. The summed E-state index contributed by atoms with van der Waals surface area (Å²) in [6, 6.07) is 12.6. The van der Waals surface area contributed by atoms with Gasteiger partial charge in [0.05, 0.1) is 11.6 Å². The Balaban J connectivity index is 1.31. The van der Waals surface area contributed by atoms with Gasteiger partial charge in [0.2, 0.25) is 15.9 Å². The number of aryl methyl sites for hydroxylation is 1. The van der Waals surface area contributed by atoms with Gasteiger partial charge in [-0.2, -0.15) is 4.31 Å². The normalized spacial score (nSPS) is 18.1. The Bertz CT molecular complexity index is 1080. The van der Waals surface area contributed by atoms with E-state index in [1.54, 1.807) is 18.2 Å². The van der Waals surface area contributed by atoms with Crippen LogP contribution in [0.15, 0.2) is 47.4 Å². The monoisotopic (exact) mass is 476 g/mol. The van der Waals surface area contributed by atoms with Crippen molar-refractivity contribution in [3.05, 3.63) is 53.1 Å². The van der Waals surface area contributed by atoms with Crippen LogP contribution in [0.25, 0.3) is 0 Å². The highest BCUT2D eigenvalue weighted by Gasteiger charge is 2.30. The molecule has 7 nitrogen and oxygen atoms in total. The highest BCUT2D eigenvalue weighted by atomic mass is 35.5. The van der Waals surface area contributed by atoms with Crippen molar-refractivity contribution in [2.75, 3.05) is 56.0 Å². The number of hydrogen-bond acceptors (Lipinski definition) is 5. The fourth-order valence-electron chi connectivity index (χ4n) is 4.27. The molecular formula is C23H29ClN4O3S. The second-order valence-electron chi connectivity index (χ2n) is 8.35. The number of piperazine rings is 1. The quantitative estimate of drug-likeness (QED) is 0.693. The first-order valence-corrected chi connectivity index (χ1v) is 12.8. The molecule has 1 N–H and O–H groups in total. The fraction of sp³-hybridized carbons (Fsp3) is 0.435. The standard InChI is InChI=1S/C23H29ClN4O3S/c1-18-16-19(27-10-4-5-11-27)8-9-21(18)25-23(29)17-26-12-14-28(15-13-26)32(30,31)22-7-3-2-6-20(22)24/h2-3,6-9,16H,4-5,10-15,17H2,1H3,(H,25,29). The van der Waals surface area contributed by atoms with Gasteiger partial charge >= 0.3 is 0 Å². The molecule has 2 aliphatic heterocycles. The lowest BCUT2D eigenvalue weighted by Gasteiger charge is -2.33. The van der Waals surface area contributed by atoms with Crippen LogP contribution in [0.2, 0.25) is 5.02 Å². The number of amides is 1. The molecular weight excluding hydrogens is 448 g/mol. The number of nitrogens with one attached hydrogen (secondary N) is 1. The van der Waals surface area contributed by atoms with Crippen molar-refractivity contribution in [2.45, 2.75) is 24.7 Å². The number of nitrogens with zero attached hydrogens (tertiary/aromatic N) is 3. The molecule has 32 heavy (non-hydrogen) atoms. The lowest BCUT2D eigenvalue weighted by Crippen LogP contribution is -2.50. The second kappa shape index (κ2) is 9.79. The second-order valence-corrected chi connectivity index (χ2v) is 10.7. The first kappa shape index (κ1) is 23.0. The molecule has 9 heteroatoms. The summed E-state index contributed by atoms with van der Waals surface area (Å²) in [5.41, 5.74) is 3.06. The molecule has 0 aliphatic carbocycles. The molecule has 1 amide bonds. The smallest absolute Gasteiger partial charge is 0.244 e. The Morgan fingerprint density at radius 1 is 1.00 bits per heavy atom. The van der Waals surface area contributed by atoms with Gasteiger partial charge in [-0.3, -0.25) is 9.69 Å². The molecule has 0 radical (unpaired) electrons. The van der Waals surface area contributed by atoms with E-state index in [0.29, 0.717) is 26.2 Å². The van der Waals surface area contributed by atoms with Crippen LogP contribution < -0.4 is 10.2 Å². The molecule has 4 rings (SSSR count). The lowest BCUT2D eigenvalue weighted by atomic mass is 10.1. The number of carbonyl (C=O) groups excluding carboxylic acids is 1. The zero-order valence-corrected chi connectivity index (χ0v) is 19.8. The highest BCUT2D eigenvalue weighted by molar-refractivity contribution is 7.89. The largest absolute Gasteiger partial charge is 0.372 e. The van der Waals surface area contributed by atoms with E-state index in [-0.39, 0.29) is 22.4 Å². The third kappa shape index (κ3) is 5.09. The number of carbonyl (C=O) groups is 1. The molecule has 2 heterocycles. The Labute approximate surface area is 195 Å². The summed E-state index contributed by atoms with van der Waals surface area (Å²) in [5.74, 6) is -0.0931. The lowest BCUT2D eigenvalue weighted by molar-refractivity contribution is -0.117. The van der Waals surface area contributed by atoms with Crippen molar-refractivity contribution in [3.63, 3.8) is 0 Å². The predicted molar refractivity (Wildman–Crippen MR) is 128 cm³/mol. The van der Waals surface area contributed by atoms with Crippen LogP contribution in [0, 0.1) is 6.92 Å². The minimum Gasteiger partial charge on any atom is -0.372 e. The summed E-state index contributed by atoms with van der Waals surface area (Å²) < 4.78 is 27.2. The van der Waals surface area contributed by atoms with Gasteiger partial charge in [-0.25, -0.2) is 8.42 Å². The molecule has 0 saturated carbocycles. The first-order valence-electron chi connectivity index (χ1n) is 11.0. The van der Waals surface area contributed by atoms with Crippen molar-refractivity contribution in [1.82, 2.24) is 9.21 Å². The van der Waals surface area contributed by atoms with Crippen molar-refractivity contribution in [3.8, 4) is 0 Å². The van der Waals surface area contributed by atoms with Crippen LogP contribution >= 0.6 is 11.6 Å². The Morgan fingerprint density at radius 3 is 2.34 bits per heavy atom. The van der Waals surface area contributed by atoms with Gasteiger partial charge in [0.1, 0.15) is 4.90 Å². The van der Waals surface area contributed by atoms with Crippen LogP contribution in [0.1, 0.15) is 18.4 Å². The molecule has 0 aromatic heterocycles. The molecule has 172 valence electrons. The van der Waals surface area contributed by atoms with Crippen molar-refractivity contribution in [2.24, 2.45) is 0 Å². The van der Waals surface area contributed by atoms with Crippen LogP contribution in [0.3, 0.4) is 0 Å². The summed E-state index contributed by atoms with van der Waals surface area (Å²) in [4.78, 5) is 17.1. The molecule has 2 aromatic rings. The third-order valence-corrected chi connectivity index (χ3v) is 8.51. The van der Waals surface area contributed by atoms with Crippen molar-refractivity contribution < 1.29 is 13.2 Å². The molecule has 2 aromatic carbocycles. The topological polar surface area (TPSA) is 73.0 Å². The van der Waals surface area contributed by atoms with E-state index < -0.39 is 10.0 Å². The highest BCUT2D eigenvalue weighted by Crippen LogP contribution is 2.26. The molecule has 0 atom stereocenters. The number of sulfonamides is 1. The van der Waals surface area contributed by atoms with Gasteiger partial charge in [-0.15, -0.1) is 0 Å². The average molecular weight is 477 g/mol. The summed E-state index contributed by atoms with van der Waals surface area (Å²) in [6.07, 6.45) is 2.45. The summed E-state index contributed by atoms with van der Waals surface area (Å²) in [5, 5.41) is 3.22.